The van der Waals surface area contributed by atoms with Gasteiger partial charge in [0.25, 0.3) is 5.91 Å². The van der Waals surface area contributed by atoms with Gasteiger partial charge >= 0.3 is 0 Å². The molecule has 0 spiro atoms. The number of nitrogens with zero attached hydrogens (tertiary/aromatic N) is 1. The SMILES string of the molecule is O=C(c1ccccc1)N1c2ccccc2C=Cc2ccccc21. The maximum absolute atomic E-state index is 13.2. The first-order chi connectivity index (χ1) is 11.3. The number of fused-ring (bicyclic) bond motifs is 2. The molecule has 0 atom stereocenters. The minimum Gasteiger partial charge on any atom is -0.276 e. The molecule has 110 valence electrons. The molecule has 3 aromatic carbocycles. The average Bonchev–Trinajstić information content (AvgIpc) is 2.79. The minimum atomic E-state index is -0.0193. The summed E-state index contributed by atoms with van der Waals surface area (Å²) in [6.07, 6.45) is 4.12. The van der Waals surface area contributed by atoms with Gasteiger partial charge in [-0.3, -0.25) is 9.69 Å². The Morgan fingerprint density at radius 1 is 0.609 bits per heavy atom. The zero-order valence-corrected chi connectivity index (χ0v) is 12.5. The van der Waals surface area contributed by atoms with Crippen LogP contribution in [0.4, 0.5) is 11.4 Å². The molecule has 0 bridgehead atoms. The van der Waals surface area contributed by atoms with Gasteiger partial charge in [0.05, 0.1) is 11.4 Å². The second kappa shape index (κ2) is 5.58. The van der Waals surface area contributed by atoms with E-state index in [1.807, 2.05) is 78.9 Å². The van der Waals surface area contributed by atoms with Crippen molar-refractivity contribution >= 4 is 29.4 Å². The van der Waals surface area contributed by atoms with Gasteiger partial charge in [-0.2, -0.15) is 0 Å². The highest BCUT2D eigenvalue weighted by atomic mass is 16.2. The Kier molecular flexibility index (Phi) is 3.28. The van der Waals surface area contributed by atoms with Crippen LogP contribution in [0.5, 0.6) is 0 Å². The van der Waals surface area contributed by atoms with Gasteiger partial charge in [0.1, 0.15) is 0 Å². The van der Waals surface area contributed by atoms with E-state index in [2.05, 4.69) is 12.2 Å². The number of hydrogen-bond acceptors (Lipinski definition) is 1. The van der Waals surface area contributed by atoms with Gasteiger partial charge in [0, 0.05) is 5.56 Å². The molecule has 0 radical (unpaired) electrons. The lowest BCUT2D eigenvalue weighted by atomic mass is 10.1. The molecule has 3 aromatic rings. The first kappa shape index (κ1) is 13.5. The van der Waals surface area contributed by atoms with Crippen LogP contribution in [0.15, 0.2) is 78.9 Å². The summed E-state index contributed by atoms with van der Waals surface area (Å²) in [6.45, 7) is 0. The van der Waals surface area contributed by atoms with Gasteiger partial charge in [-0.25, -0.2) is 0 Å². The van der Waals surface area contributed by atoms with Crippen LogP contribution >= 0.6 is 0 Å². The molecular weight excluding hydrogens is 282 g/mol. The van der Waals surface area contributed by atoms with E-state index < -0.39 is 0 Å². The van der Waals surface area contributed by atoms with Crippen LogP contribution in [0.1, 0.15) is 21.5 Å². The fourth-order valence-electron chi connectivity index (χ4n) is 2.90. The van der Waals surface area contributed by atoms with Crippen molar-refractivity contribution in [2.45, 2.75) is 0 Å². The summed E-state index contributed by atoms with van der Waals surface area (Å²) in [7, 11) is 0. The maximum Gasteiger partial charge on any atom is 0.262 e. The number of rotatable bonds is 1. The molecule has 0 saturated carbocycles. The maximum atomic E-state index is 13.2. The van der Waals surface area contributed by atoms with E-state index >= 15 is 0 Å². The molecule has 2 heteroatoms. The van der Waals surface area contributed by atoms with Crippen molar-refractivity contribution < 1.29 is 4.79 Å². The van der Waals surface area contributed by atoms with Crippen molar-refractivity contribution in [1.29, 1.82) is 0 Å². The lowest BCUT2D eigenvalue weighted by Crippen LogP contribution is -2.26. The van der Waals surface area contributed by atoms with Crippen LogP contribution in [0.3, 0.4) is 0 Å². The van der Waals surface area contributed by atoms with E-state index in [0.29, 0.717) is 5.56 Å². The van der Waals surface area contributed by atoms with Crippen molar-refractivity contribution in [3.8, 4) is 0 Å². The highest BCUT2D eigenvalue weighted by Crippen LogP contribution is 2.37. The molecular formula is C21H15NO. The first-order valence-corrected chi connectivity index (χ1v) is 7.60. The molecule has 0 N–H and O–H groups in total. The molecule has 1 aliphatic rings. The Morgan fingerprint density at radius 2 is 1.09 bits per heavy atom. The van der Waals surface area contributed by atoms with Crippen molar-refractivity contribution in [2.75, 3.05) is 4.90 Å². The first-order valence-electron chi connectivity index (χ1n) is 7.60. The Bertz CT molecular complexity index is 847. The summed E-state index contributed by atoms with van der Waals surface area (Å²) in [5.74, 6) is -0.0193. The predicted molar refractivity (Wildman–Crippen MR) is 94.7 cm³/mol. The van der Waals surface area contributed by atoms with Crippen molar-refractivity contribution in [2.24, 2.45) is 0 Å². The molecule has 2 nitrogen and oxygen atoms in total. The average molecular weight is 297 g/mol. The number of benzene rings is 3. The van der Waals surface area contributed by atoms with Crippen LogP contribution in [0.25, 0.3) is 12.2 Å². The van der Waals surface area contributed by atoms with E-state index in [0.717, 1.165) is 22.5 Å². The normalized spacial score (nSPS) is 12.3. The molecule has 0 unspecified atom stereocenters. The van der Waals surface area contributed by atoms with E-state index in [-0.39, 0.29) is 5.91 Å². The van der Waals surface area contributed by atoms with Crippen LogP contribution in [0.2, 0.25) is 0 Å². The van der Waals surface area contributed by atoms with Gasteiger partial charge in [-0.05, 0) is 35.4 Å². The van der Waals surface area contributed by atoms with E-state index in [1.54, 1.807) is 4.90 Å². The molecule has 0 aliphatic carbocycles. The highest BCUT2D eigenvalue weighted by molar-refractivity contribution is 6.14. The van der Waals surface area contributed by atoms with Crippen LogP contribution < -0.4 is 4.90 Å². The fraction of sp³-hybridized carbons (Fsp3) is 0. The third kappa shape index (κ3) is 2.34. The van der Waals surface area contributed by atoms with Gasteiger partial charge in [0.15, 0.2) is 0 Å². The minimum absolute atomic E-state index is 0.0193. The van der Waals surface area contributed by atoms with Crippen molar-refractivity contribution in [3.63, 3.8) is 0 Å². The van der Waals surface area contributed by atoms with Gasteiger partial charge in [0.2, 0.25) is 0 Å². The summed E-state index contributed by atoms with van der Waals surface area (Å²) in [5.41, 5.74) is 4.56. The van der Waals surface area contributed by atoms with Crippen LogP contribution in [-0.4, -0.2) is 5.91 Å². The zero-order chi connectivity index (χ0) is 15.6. The quantitative estimate of drug-likeness (QED) is 0.608. The van der Waals surface area contributed by atoms with Gasteiger partial charge in [-0.1, -0.05) is 66.7 Å². The number of anilines is 2. The van der Waals surface area contributed by atoms with Gasteiger partial charge in [-0.15, -0.1) is 0 Å². The predicted octanol–water partition coefficient (Wildman–Crippen LogP) is 5.15. The topological polar surface area (TPSA) is 20.3 Å². The van der Waals surface area contributed by atoms with E-state index in [4.69, 9.17) is 0 Å². The van der Waals surface area contributed by atoms with Gasteiger partial charge < -0.3 is 0 Å². The fourth-order valence-corrected chi connectivity index (χ4v) is 2.90. The lowest BCUT2D eigenvalue weighted by Gasteiger charge is -2.25. The van der Waals surface area contributed by atoms with E-state index in [1.165, 1.54) is 0 Å². The Morgan fingerprint density at radius 3 is 1.65 bits per heavy atom. The largest absolute Gasteiger partial charge is 0.276 e. The summed E-state index contributed by atoms with van der Waals surface area (Å²) in [6, 6.07) is 25.4. The highest BCUT2D eigenvalue weighted by Gasteiger charge is 2.24. The molecule has 4 rings (SSSR count). The second-order valence-electron chi connectivity index (χ2n) is 5.46. The summed E-state index contributed by atoms with van der Waals surface area (Å²) in [4.78, 5) is 15.0. The molecule has 23 heavy (non-hydrogen) atoms. The molecule has 1 heterocycles. The van der Waals surface area contributed by atoms with Crippen LogP contribution in [-0.2, 0) is 0 Å². The number of amides is 1. The summed E-state index contributed by atoms with van der Waals surface area (Å²) >= 11 is 0. The number of hydrogen-bond donors (Lipinski definition) is 0. The molecule has 0 saturated heterocycles. The Balaban J connectivity index is 1.94. The lowest BCUT2D eigenvalue weighted by molar-refractivity contribution is 0.0999. The zero-order valence-electron chi connectivity index (χ0n) is 12.5. The molecule has 1 aliphatic heterocycles. The molecule has 0 fully saturated rings. The van der Waals surface area contributed by atoms with Crippen molar-refractivity contribution in [1.82, 2.24) is 0 Å². The number of para-hydroxylation sites is 2. The molecule has 1 amide bonds. The van der Waals surface area contributed by atoms with Crippen molar-refractivity contribution in [3.05, 3.63) is 95.6 Å². The monoisotopic (exact) mass is 297 g/mol. The molecule has 0 aromatic heterocycles. The van der Waals surface area contributed by atoms with E-state index in [9.17, 15) is 4.79 Å². The smallest absolute Gasteiger partial charge is 0.262 e. The Labute approximate surface area is 135 Å². The number of carbonyl (C=O) groups excluding carboxylic acids is 1. The second-order valence-corrected chi connectivity index (χ2v) is 5.46. The number of carbonyl (C=O) groups is 1. The Hall–Kier alpha value is -3.13. The summed E-state index contributed by atoms with van der Waals surface area (Å²) in [5, 5.41) is 0. The van der Waals surface area contributed by atoms with Crippen LogP contribution in [0, 0.1) is 0 Å². The summed E-state index contributed by atoms with van der Waals surface area (Å²) < 4.78 is 0. The third-order valence-electron chi connectivity index (χ3n) is 4.02. The standard InChI is InChI=1S/C21H15NO/c23-21(18-10-2-1-3-11-18)22-19-12-6-4-8-16(19)14-15-17-9-5-7-13-20(17)22/h1-15H. The third-order valence-corrected chi connectivity index (χ3v) is 4.02.